The van der Waals surface area contributed by atoms with E-state index in [4.69, 9.17) is 4.74 Å². The van der Waals surface area contributed by atoms with Gasteiger partial charge in [-0.2, -0.15) is 0 Å². The Hall–Kier alpha value is -3.46. The van der Waals surface area contributed by atoms with Crippen molar-refractivity contribution in [3.05, 3.63) is 64.0 Å². The first-order valence-corrected chi connectivity index (χ1v) is 9.45. The zero-order chi connectivity index (χ0) is 20.2. The number of amides is 1. The number of morpholine rings is 1. The van der Waals surface area contributed by atoms with Crippen LogP contribution in [0.1, 0.15) is 16.2 Å². The first kappa shape index (κ1) is 18.9. The summed E-state index contributed by atoms with van der Waals surface area (Å²) in [6.45, 7) is 2.76. The van der Waals surface area contributed by atoms with Crippen LogP contribution in [0.4, 0.5) is 11.4 Å². The Kier molecular flexibility index (Phi) is 5.39. The number of nitro groups is 1. The summed E-state index contributed by atoms with van der Waals surface area (Å²) in [5.74, 6) is 0.435. The van der Waals surface area contributed by atoms with Crippen LogP contribution >= 0.6 is 0 Å². The van der Waals surface area contributed by atoms with E-state index in [1.165, 1.54) is 12.1 Å². The average molecular weight is 395 g/mol. The zero-order valence-electron chi connectivity index (χ0n) is 15.8. The molecule has 2 N–H and O–H groups in total. The summed E-state index contributed by atoms with van der Waals surface area (Å²) >= 11 is 0. The van der Waals surface area contributed by atoms with E-state index in [1.807, 2.05) is 29.2 Å². The molecule has 9 heteroatoms. The number of hydrogen-bond donors (Lipinski definition) is 2. The minimum Gasteiger partial charge on any atom is -0.378 e. The number of nitrogens with zero attached hydrogens (tertiary/aromatic N) is 3. The lowest BCUT2D eigenvalue weighted by atomic mass is 10.1. The van der Waals surface area contributed by atoms with Gasteiger partial charge < -0.3 is 19.9 Å². The Balaban J connectivity index is 1.48. The van der Waals surface area contributed by atoms with E-state index in [1.54, 1.807) is 6.07 Å². The van der Waals surface area contributed by atoms with Crippen molar-refractivity contribution in [1.29, 1.82) is 0 Å². The first-order chi connectivity index (χ1) is 14.1. The monoisotopic (exact) mass is 395 g/mol. The molecule has 0 bridgehead atoms. The lowest BCUT2D eigenvalue weighted by molar-refractivity contribution is -0.384. The number of ether oxygens (including phenoxy) is 1. The van der Waals surface area contributed by atoms with Gasteiger partial charge in [0.25, 0.3) is 11.6 Å². The molecule has 0 saturated carbocycles. The number of fused-ring (bicyclic) bond motifs is 1. The van der Waals surface area contributed by atoms with Gasteiger partial charge in [-0.1, -0.05) is 12.1 Å². The Morgan fingerprint density at radius 2 is 2.03 bits per heavy atom. The molecule has 0 spiro atoms. The van der Waals surface area contributed by atoms with Gasteiger partial charge in [0.1, 0.15) is 5.82 Å². The topological polar surface area (TPSA) is 113 Å². The van der Waals surface area contributed by atoms with E-state index in [0.717, 1.165) is 16.9 Å². The molecule has 1 amide bonds. The number of nitrogens with one attached hydrogen (secondary N) is 2. The zero-order valence-corrected chi connectivity index (χ0v) is 15.8. The lowest BCUT2D eigenvalue weighted by Gasteiger charge is -2.30. The van der Waals surface area contributed by atoms with E-state index in [-0.39, 0.29) is 11.6 Å². The van der Waals surface area contributed by atoms with Gasteiger partial charge >= 0.3 is 0 Å². The van der Waals surface area contributed by atoms with Crippen LogP contribution in [0.3, 0.4) is 0 Å². The Bertz CT molecular complexity index is 1010. The number of aromatic amines is 1. The van der Waals surface area contributed by atoms with Crippen LogP contribution in [0.25, 0.3) is 11.0 Å². The second-order valence-corrected chi connectivity index (χ2v) is 6.76. The fourth-order valence-electron chi connectivity index (χ4n) is 3.41. The molecule has 150 valence electrons. The van der Waals surface area contributed by atoms with Crippen molar-refractivity contribution in [2.75, 3.05) is 37.7 Å². The molecule has 4 rings (SSSR count). The lowest BCUT2D eigenvalue weighted by Crippen LogP contribution is -2.38. The Labute approximate surface area is 166 Å². The SMILES string of the molecule is O=C(NCCc1nc2ccccc2[nH]1)c1cc([N+](=O)[O-])ccc1N1CCOCC1. The van der Waals surface area contributed by atoms with Crippen molar-refractivity contribution < 1.29 is 14.5 Å². The molecule has 0 aliphatic carbocycles. The second-order valence-electron chi connectivity index (χ2n) is 6.76. The quantitative estimate of drug-likeness (QED) is 0.489. The maximum absolute atomic E-state index is 12.8. The number of non-ortho nitro benzene ring substituents is 1. The van der Waals surface area contributed by atoms with Gasteiger partial charge in [-0.25, -0.2) is 4.98 Å². The van der Waals surface area contributed by atoms with Crippen molar-refractivity contribution in [3.8, 4) is 0 Å². The van der Waals surface area contributed by atoms with Crippen LogP contribution in [-0.4, -0.2) is 53.6 Å². The summed E-state index contributed by atoms with van der Waals surface area (Å²) in [6.07, 6.45) is 0.530. The molecule has 1 saturated heterocycles. The molecule has 1 aliphatic heterocycles. The molecule has 0 atom stereocenters. The summed E-state index contributed by atoms with van der Waals surface area (Å²) in [5.41, 5.74) is 2.69. The predicted molar refractivity (Wildman–Crippen MR) is 108 cm³/mol. The van der Waals surface area contributed by atoms with Crippen LogP contribution in [0.15, 0.2) is 42.5 Å². The first-order valence-electron chi connectivity index (χ1n) is 9.45. The largest absolute Gasteiger partial charge is 0.378 e. The maximum atomic E-state index is 12.8. The number of H-pyrrole nitrogens is 1. The van der Waals surface area contributed by atoms with Crippen molar-refractivity contribution in [2.24, 2.45) is 0 Å². The number of rotatable bonds is 6. The molecule has 2 aromatic carbocycles. The number of carbonyl (C=O) groups is 1. The molecule has 1 fully saturated rings. The maximum Gasteiger partial charge on any atom is 0.270 e. The van der Waals surface area contributed by atoms with Gasteiger partial charge in [0.05, 0.1) is 40.4 Å². The minimum atomic E-state index is -0.492. The highest BCUT2D eigenvalue weighted by Gasteiger charge is 2.22. The summed E-state index contributed by atoms with van der Waals surface area (Å²) in [4.78, 5) is 33.2. The number of imidazole rings is 1. The molecule has 1 aromatic heterocycles. The van der Waals surface area contributed by atoms with Crippen LogP contribution in [0.2, 0.25) is 0 Å². The van der Waals surface area contributed by atoms with Crippen molar-refractivity contribution >= 4 is 28.3 Å². The second kappa shape index (κ2) is 8.27. The Morgan fingerprint density at radius 1 is 1.24 bits per heavy atom. The van der Waals surface area contributed by atoms with Crippen molar-refractivity contribution in [1.82, 2.24) is 15.3 Å². The summed E-state index contributed by atoms with van der Waals surface area (Å²) in [5, 5.41) is 14.0. The molecule has 29 heavy (non-hydrogen) atoms. The van der Waals surface area contributed by atoms with Crippen molar-refractivity contribution in [2.45, 2.75) is 6.42 Å². The fraction of sp³-hybridized carbons (Fsp3) is 0.300. The standard InChI is InChI=1S/C20H21N5O4/c26-20(21-8-7-19-22-16-3-1-2-4-17(16)23-19)15-13-14(25(27)28)5-6-18(15)24-9-11-29-12-10-24/h1-6,13H,7-12H2,(H,21,26)(H,22,23). The highest BCUT2D eigenvalue weighted by molar-refractivity contribution is 6.00. The Morgan fingerprint density at radius 3 is 2.79 bits per heavy atom. The number of benzene rings is 2. The number of aromatic nitrogens is 2. The van der Waals surface area contributed by atoms with Crippen LogP contribution in [-0.2, 0) is 11.2 Å². The van der Waals surface area contributed by atoms with Crippen molar-refractivity contribution in [3.63, 3.8) is 0 Å². The van der Waals surface area contributed by atoms with E-state index in [9.17, 15) is 14.9 Å². The molecule has 3 aromatic rings. The van der Waals surface area contributed by atoms with Gasteiger partial charge in [0, 0.05) is 38.2 Å². The number of anilines is 1. The summed E-state index contributed by atoms with van der Waals surface area (Å²) in [7, 11) is 0. The average Bonchev–Trinajstić information content (AvgIpc) is 3.16. The fourth-order valence-corrected chi connectivity index (χ4v) is 3.41. The van der Waals surface area contributed by atoms with Gasteiger partial charge in [0.2, 0.25) is 0 Å². The highest BCUT2D eigenvalue weighted by atomic mass is 16.6. The third-order valence-electron chi connectivity index (χ3n) is 4.87. The minimum absolute atomic E-state index is 0.107. The molecule has 2 heterocycles. The van der Waals surface area contributed by atoms with Gasteiger partial charge in [0.15, 0.2) is 0 Å². The van der Waals surface area contributed by atoms with Gasteiger partial charge in [-0.15, -0.1) is 0 Å². The third kappa shape index (κ3) is 4.19. The molecule has 0 unspecified atom stereocenters. The predicted octanol–water partition coefficient (Wildman–Crippen LogP) is 2.28. The normalized spacial score (nSPS) is 14.1. The molecular formula is C20H21N5O4. The molecular weight excluding hydrogens is 374 g/mol. The number of para-hydroxylation sites is 2. The summed E-state index contributed by atoms with van der Waals surface area (Å²) in [6, 6.07) is 12.1. The van der Waals surface area contributed by atoms with Gasteiger partial charge in [-0.05, 0) is 18.2 Å². The van der Waals surface area contributed by atoms with E-state index >= 15 is 0 Å². The number of carbonyl (C=O) groups excluding carboxylic acids is 1. The molecule has 1 aliphatic rings. The van der Waals surface area contributed by atoms with E-state index in [0.29, 0.717) is 50.5 Å². The smallest absolute Gasteiger partial charge is 0.270 e. The number of nitro benzene ring substituents is 1. The number of hydrogen-bond acceptors (Lipinski definition) is 6. The van der Waals surface area contributed by atoms with Crippen LogP contribution < -0.4 is 10.2 Å². The third-order valence-corrected chi connectivity index (χ3v) is 4.87. The van der Waals surface area contributed by atoms with Gasteiger partial charge in [-0.3, -0.25) is 14.9 Å². The van der Waals surface area contributed by atoms with E-state index < -0.39 is 4.92 Å². The molecule has 0 radical (unpaired) electrons. The van der Waals surface area contributed by atoms with E-state index in [2.05, 4.69) is 15.3 Å². The van der Waals surface area contributed by atoms with Crippen LogP contribution in [0.5, 0.6) is 0 Å². The highest BCUT2D eigenvalue weighted by Crippen LogP contribution is 2.26. The molecule has 9 nitrogen and oxygen atoms in total. The van der Waals surface area contributed by atoms with Crippen LogP contribution in [0, 0.1) is 10.1 Å². The summed E-state index contributed by atoms with van der Waals surface area (Å²) < 4.78 is 5.36.